The zero-order valence-electron chi connectivity index (χ0n) is 18.4. The number of carbonyl (C=O) groups is 2. The lowest BCUT2D eigenvalue weighted by molar-refractivity contribution is 0.0522. The first-order chi connectivity index (χ1) is 15.2. The van der Waals surface area contributed by atoms with Gasteiger partial charge in [0, 0.05) is 17.4 Å². The molecule has 2 aromatic heterocycles. The van der Waals surface area contributed by atoms with E-state index in [-0.39, 0.29) is 18.3 Å². The minimum atomic E-state index is -0.574. The number of aromatic nitrogens is 4. The predicted octanol–water partition coefficient (Wildman–Crippen LogP) is 3.54. The van der Waals surface area contributed by atoms with Gasteiger partial charge in [-0.3, -0.25) is 9.89 Å². The highest BCUT2D eigenvalue weighted by molar-refractivity contribution is 6.05. The predicted molar refractivity (Wildman–Crippen MR) is 118 cm³/mol. The Morgan fingerprint density at radius 3 is 2.56 bits per heavy atom. The van der Waals surface area contributed by atoms with E-state index in [4.69, 9.17) is 9.47 Å². The highest BCUT2D eigenvalue weighted by atomic mass is 16.6. The van der Waals surface area contributed by atoms with Crippen LogP contribution in [0.3, 0.4) is 0 Å². The van der Waals surface area contributed by atoms with E-state index in [0.29, 0.717) is 29.5 Å². The number of aromatic amines is 1. The number of rotatable bonds is 7. The summed E-state index contributed by atoms with van der Waals surface area (Å²) in [6.45, 7) is 7.78. The zero-order valence-corrected chi connectivity index (χ0v) is 18.4. The van der Waals surface area contributed by atoms with Gasteiger partial charge in [0.15, 0.2) is 5.82 Å². The van der Waals surface area contributed by atoms with Crippen LogP contribution in [-0.2, 0) is 11.3 Å². The Kier molecular flexibility index (Phi) is 7.04. The molecule has 1 aromatic carbocycles. The maximum atomic E-state index is 12.6. The van der Waals surface area contributed by atoms with E-state index >= 15 is 0 Å². The summed E-state index contributed by atoms with van der Waals surface area (Å²) in [5.74, 6) is 0.929. The lowest BCUT2D eigenvalue weighted by atomic mass is 10.2. The number of hydrogen-bond acceptors (Lipinski definition) is 7. The van der Waals surface area contributed by atoms with E-state index in [1.54, 1.807) is 63.4 Å². The molecule has 0 radical (unpaired) electrons. The van der Waals surface area contributed by atoms with Gasteiger partial charge in [-0.25, -0.2) is 14.8 Å². The van der Waals surface area contributed by atoms with Crippen molar-refractivity contribution >= 4 is 17.7 Å². The molecule has 0 fully saturated rings. The number of hydrogen-bond donors (Lipinski definition) is 3. The third-order valence-corrected chi connectivity index (χ3v) is 4.03. The average molecular weight is 438 g/mol. The molecule has 0 aliphatic heterocycles. The minimum Gasteiger partial charge on any atom is -0.477 e. The van der Waals surface area contributed by atoms with Crippen molar-refractivity contribution in [2.24, 2.45) is 0 Å². The van der Waals surface area contributed by atoms with E-state index in [1.807, 2.05) is 6.92 Å². The average Bonchev–Trinajstić information content (AvgIpc) is 3.21. The van der Waals surface area contributed by atoms with Gasteiger partial charge in [0.05, 0.1) is 13.2 Å². The summed E-state index contributed by atoms with van der Waals surface area (Å²) in [4.78, 5) is 32.8. The lowest BCUT2D eigenvalue weighted by Gasteiger charge is -2.19. The molecule has 3 N–H and O–H groups in total. The normalized spacial score (nSPS) is 11.0. The molecule has 2 amide bonds. The van der Waals surface area contributed by atoms with Gasteiger partial charge in [0.1, 0.15) is 17.0 Å². The molecular weight excluding hydrogens is 412 g/mol. The molecule has 2 heterocycles. The van der Waals surface area contributed by atoms with Crippen LogP contribution in [0.1, 0.15) is 43.9 Å². The number of benzene rings is 1. The smallest absolute Gasteiger partial charge is 0.408 e. The van der Waals surface area contributed by atoms with Gasteiger partial charge in [0.2, 0.25) is 5.88 Å². The van der Waals surface area contributed by atoms with E-state index in [9.17, 15) is 9.59 Å². The molecule has 0 saturated heterocycles. The fourth-order valence-electron chi connectivity index (χ4n) is 2.69. The van der Waals surface area contributed by atoms with Crippen LogP contribution < -0.4 is 15.4 Å². The summed E-state index contributed by atoms with van der Waals surface area (Å²) in [7, 11) is 0. The van der Waals surface area contributed by atoms with Crippen molar-refractivity contribution in [3.63, 3.8) is 0 Å². The van der Waals surface area contributed by atoms with Crippen molar-refractivity contribution < 1.29 is 19.1 Å². The van der Waals surface area contributed by atoms with Gasteiger partial charge in [-0.2, -0.15) is 5.10 Å². The number of H-pyrrole nitrogens is 1. The van der Waals surface area contributed by atoms with Crippen LogP contribution >= 0.6 is 0 Å². The third-order valence-electron chi connectivity index (χ3n) is 4.03. The van der Waals surface area contributed by atoms with Crippen molar-refractivity contribution in [1.29, 1.82) is 0 Å². The van der Waals surface area contributed by atoms with E-state index in [0.717, 1.165) is 5.56 Å². The lowest BCUT2D eigenvalue weighted by Crippen LogP contribution is -2.32. The molecule has 3 rings (SSSR count). The quantitative estimate of drug-likeness (QED) is 0.514. The second kappa shape index (κ2) is 9.90. The Morgan fingerprint density at radius 2 is 1.88 bits per heavy atom. The Morgan fingerprint density at radius 1 is 1.12 bits per heavy atom. The van der Waals surface area contributed by atoms with E-state index in [1.165, 1.54) is 0 Å². The molecule has 32 heavy (non-hydrogen) atoms. The van der Waals surface area contributed by atoms with Gasteiger partial charge in [-0.05, 0) is 64.1 Å². The van der Waals surface area contributed by atoms with Crippen molar-refractivity contribution in [1.82, 2.24) is 25.5 Å². The summed E-state index contributed by atoms with van der Waals surface area (Å²) >= 11 is 0. The first kappa shape index (κ1) is 22.7. The molecule has 0 spiro atoms. The summed E-state index contributed by atoms with van der Waals surface area (Å²) in [5.41, 5.74) is 1.14. The van der Waals surface area contributed by atoms with Crippen molar-refractivity contribution in [3.05, 3.63) is 54.0 Å². The Balaban J connectivity index is 1.60. The number of nitrogens with one attached hydrogen (secondary N) is 3. The van der Waals surface area contributed by atoms with E-state index in [2.05, 4.69) is 30.8 Å². The number of pyridine rings is 1. The van der Waals surface area contributed by atoms with Crippen LogP contribution in [0.2, 0.25) is 0 Å². The molecule has 10 heteroatoms. The maximum Gasteiger partial charge on any atom is 0.408 e. The molecule has 3 aromatic rings. The summed E-state index contributed by atoms with van der Waals surface area (Å²) in [6, 6.07) is 10.4. The van der Waals surface area contributed by atoms with Crippen LogP contribution in [-0.4, -0.2) is 44.4 Å². The second-order valence-corrected chi connectivity index (χ2v) is 7.78. The number of ether oxygens (including phenoxy) is 2. The minimum absolute atomic E-state index is 0.156. The third kappa shape index (κ3) is 6.27. The molecule has 0 aliphatic carbocycles. The molecule has 0 aliphatic rings. The number of anilines is 1. The standard InChI is InChI=1S/C22H26N6O4/c1-5-31-20-16(7-6-12-23-20)19(29)25-15-10-8-14(9-11-15)18-26-17(27-28-18)13-24-21(30)32-22(2,3)4/h6-12H,5,13H2,1-4H3,(H,24,30)(H,25,29)(H,26,27,28). The molecule has 10 nitrogen and oxygen atoms in total. The van der Waals surface area contributed by atoms with Crippen LogP contribution in [0.4, 0.5) is 10.5 Å². The first-order valence-corrected chi connectivity index (χ1v) is 10.1. The molecular formula is C22H26N6O4. The summed E-state index contributed by atoms with van der Waals surface area (Å²) in [5, 5.41) is 12.4. The van der Waals surface area contributed by atoms with Crippen molar-refractivity contribution in [3.8, 4) is 17.3 Å². The Hall–Kier alpha value is -3.95. The van der Waals surface area contributed by atoms with Crippen LogP contribution in [0.5, 0.6) is 5.88 Å². The molecule has 168 valence electrons. The number of carbonyl (C=O) groups excluding carboxylic acids is 2. The van der Waals surface area contributed by atoms with Crippen molar-refractivity contribution in [2.75, 3.05) is 11.9 Å². The largest absolute Gasteiger partial charge is 0.477 e. The van der Waals surface area contributed by atoms with Crippen LogP contribution in [0, 0.1) is 0 Å². The van der Waals surface area contributed by atoms with Crippen molar-refractivity contribution in [2.45, 2.75) is 39.8 Å². The topological polar surface area (TPSA) is 131 Å². The number of alkyl carbamates (subject to hydrolysis) is 1. The SMILES string of the molecule is CCOc1ncccc1C(=O)Nc1ccc(-c2n[nH]c(CNC(=O)OC(C)(C)C)n2)cc1. The number of nitrogens with zero attached hydrogens (tertiary/aromatic N) is 3. The molecule has 0 atom stereocenters. The van der Waals surface area contributed by atoms with Crippen LogP contribution in [0.25, 0.3) is 11.4 Å². The monoisotopic (exact) mass is 438 g/mol. The fraction of sp³-hybridized carbons (Fsp3) is 0.318. The van der Waals surface area contributed by atoms with Gasteiger partial charge in [0.25, 0.3) is 5.91 Å². The molecule has 0 saturated carbocycles. The maximum absolute atomic E-state index is 12.6. The number of amides is 2. The van der Waals surface area contributed by atoms with Gasteiger partial charge < -0.3 is 20.1 Å². The zero-order chi connectivity index (χ0) is 23.1. The molecule has 0 bridgehead atoms. The van der Waals surface area contributed by atoms with Gasteiger partial charge >= 0.3 is 6.09 Å². The van der Waals surface area contributed by atoms with Gasteiger partial charge in [-0.15, -0.1) is 0 Å². The fourth-order valence-corrected chi connectivity index (χ4v) is 2.69. The Bertz CT molecular complexity index is 1070. The van der Waals surface area contributed by atoms with Crippen LogP contribution in [0.15, 0.2) is 42.6 Å². The second-order valence-electron chi connectivity index (χ2n) is 7.78. The van der Waals surface area contributed by atoms with Gasteiger partial charge in [-0.1, -0.05) is 0 Å². The summed E-state index contributed by atoms with van der Waals surface area (Å²) < 4.78 is 10.6. The highest BCUT2D eigenvalue weighted by Crippen LogP contribution is 2.20. The Labute approximate surface area is 185 Å². The summed E-state index contributed by atoms with van der Waals surface area (Å²) in [6.07, 6.45) is 1.04. The first-order valence-electron chi connectivity index (χ1n) is 10.1. The van der Waals surface area contributed by atoms with E-state index < -0.39 is 11.7 Å². The molecule has 0 unspecified atom stereocenters. The highest BCUT2D eigenvalue weighted by Gasteiger charge is 2.17.